The third-order valence-electron chi connectivity index (χ3n) is 4.82. The van der Waals surface area contributed by atoms with E-state index in [9.17, 15) is 4.79 Å². The second kappa shape index (κ2) is 4.11. The lowest BCUT2D eigenvalue weighted by Gasteiger charge is -2.23. The molecule has 1 heterocycles. The van der Waals surface area contributed by atoms with Gasteiger partial charge in [0.15, 0.2) is 0 Å². The molecule has 0 radical (unpaired) electrons. The van der Waals surface area contributed by atoms with Gasteiger partial charge in [-0.05, 0) is 44.9 Å². The fourth-order valence-electron chi connectivity index (χ4n) is 3.94. The van der Waals surface area contributed by atoms with Gasteiger partial charge in [0.05, 0.1) is 18.2 Å². The van der Waals surface area contributed by atoms with Gasteiger partial charge in [-0.1, -0.05) is 6.42 Å². The minimum absolute atomic E-state index is 0.0957. The number of hydrogen-bond acceptors (Lipinski definition) is 2. The molecular weight excluding hydrogens is 228 g/mol. The molecule has 1 N–H and O–H groups in total. The number of aliphatic carboxylic acids is 1. The third kappa shape index (κ3) is 1.74. The summed E-state index contributed by atoms with van der Waals surface area (Å²) in [5, 5.41) is 13.6. The van der Waals surface area contributed by atoms with Crippen LogP contribution in [0.5, 0.6) is 0 Å². The predicted molar refractivity (Wildman–Crippen MR) is 67.5 cm³/mol. The highest BCUT2D eigenvalue weighted by Crippen LogP contribution is 2.50. The van der Waals surface area contributed by atoms with Crippen molar-refractivity contribution in [3.8, 4) is 0 Å². The molecule has 2 saturated carbocycles. The Balaban J connectivity index is 1.91. The fourth-order valence-corrected chi connectivity index (χ4v) is 3.94. The molecule has 18 heavy (non-hydrogen) atoms. The van der Waals surface area contributed by atoms with Gasteiger partial charge in [0.25, 0.3) is 0 Å². The Morgan fingerprint density at radius 3 is 2.72 bits per heavy atom. The highest BCUT2D eigenvalue weighted by atomic mass is 16.4. The van der Waals surface area contributed by atoms with Crippen molar-refractivity contribution in [2.24, 2.45) is 11.8 Å². The van der Waals surface area contributed by atoms with Crippen molar-refractivity contribution in [1.82, 2.24) is 9.78 Å². The molecule has 2 fully saturated rings. The molecule has 98 valence electrons. The van der Waals surface area contributed by atoms with E-state index in [1.54, 1.807) is 0 Å². The summed E-state index contributed by atoms with van der Waals surface area (Å²) in [7, 11) is 0. The summed E-state index contributed by atoms with van der Waals surface area (Å²) in [6.07, 6.45) is 5.37. The van der Waals surface area contributed by atoms with Crippen molar-refractivity contribution < 1.29 is 9.90 Å². The zero-order valence-electron chi connectivity index (χ0n) is 11.0. The number of carbonyl (C=O) groups is 1. The Labute approximate surface area is 107 Å². The number of carboxylic acid groups (broad SMARTS) is 1. The lowest BCUT2D eigenvalue weighted by Crippen LogP contribution is -2.18. The Morgan fingerprint density at radius 1 is 1.39 bits per heavy atom. The number of nitrogens with zero attached hydrogens (tertiary/aromatic N) is 2. The summed E-state index contributed by atoms with van der Waals surface area (Å²) < 4.78 is 2.12. The molecule has 1 aromatic rings. The van der Waals surface area contributed by atoms with E-state index in [1.807, 2.05) is 13.8 Å². The molecule has 0 aromatic carbocycles. The first-order valence-corrected chi connectivity index (χ1v) is 6.82. The van der Waals surface area contributed by atoms with Crippen molar-refractivity contribution in [3.05, 3.63) is 17.0 Å². The number of rotatable bonds is 3. The summed E-state index contributed by atoms with van der Waals surface area (Å²) in [5.74, 6) is 0.881. The maximum atomic E-state index is 10.9. The van der Waals surface area contributed by atoms with E-state index in [1.165, 1.54) is 25.7 Å². The van der Waals surface area contributed by atoms with Crippen LogP contribution in [0.25, 0.3) is 0 Å². The smallest absolute Gasteiger partial charge is 0.307 e. The summed E-state index contributed by atoms with van der Waals surface area (Å²) >= 11 is 0. The molecule has 0 amide bonds. The Kier molecular flexibility index (Phi) is 2.68. The average molecular weight is 248 g/mol. The zero-order chi connectivity index (χ0) is 12.9. The van der Waals surface area contributed by atoms with E-state index < -0.39 is 5.97 Å². The van der Waals surface area contributed by atoms with Crippen molar-refractivity contribution >= 4 is 5.97 Å². The van der Waals surface area contributed by atoms with Crippen molar-refractivity contribution in [3.63, 3.8) is 0 Å². The van der Waals surface area contributed by atoms with Crippen LogP contribution in [0.4, 0.5) is 0 Å². The van der Waals surface area contributed by atoms with E-state index in [4.69, 9.17) is 5.11 Å². The van der Waals surface area contributed by atoms with Crippen LogP contribution in [0.1, 0.15) is 48.7 Å². The van der Waals surface area contributed by atoms with Crippen molar-refractivity contribution in [2.75, 3.05) is 0 Å². The number of carboxylic acids is 1. The molecule has 2 bridgehead atoms. The van der Waals surface area contributed by atoms with Gasteiger partial charge in [0, 0.05) is 11.3 Å². The molecule has 2 aliphatic carbocycles. The molecule has 2 aliphatic rings. The number of hydrogen-bond donors (Lipinski definition) is 1. The van der Waals surface area contributed by atoms with Gasteiger partial charge in [-0.25, -0.2) is 0 Å². The molecular formula is C14H20N2O2. The van der Waals surface area contributed by atoms with Gasteiger partial charge in [-0.15, -0.1) is 0 Å². The molecule has 0 saturated heterocycles. The summed E-state index contributed by atoms with van der Waals surface area (Å²) in [6.45, 7) is 3.94. The first-order valence-electron chi connectivity index (χ1n) is 6.82. The quantitative estimate of drug-likeness (QED) is 0.894. The van der Waals surface area contributed by atoms with Crippen LogP contribution in [-0.4, -0.2) is 20.9 Å². The highest BCUT2D eigenvalue weighted by Gasteiger charge is 2.41. The number of aryl methyl sites for hydroxylation is 1. The lowest BCUT2D eigenvalue weighted by molar-refractivity contribution is -0.136. The maximum Gasteiger partial charge on any atom is 0.307 e. The van der Waals surface area contributed by atoms with Crippen LogP contribution in [0.3, 0.4) is 0 Å². The molecule has 3 atom stereocenters. The summed E-state index contributed by atoms with van der Waals surface area (Å²) in [4.78, 5) is 10.9. The minimum Gasteiger partial charge on any atom is -0.481 e. The maximum absolute atomic E-state index is 10.9. The van der Waals surface area contributed by atoms with E-state index >= 15 is 0 Å². The van der Waals surface area contributed by atoms with Gasteiger partial charge in [0.1, 0.15) is 0 Å². The molecule has 3 rings (SSSR count). The largest absolute Gasteiger partial charge is 0.481 e. The average Bonchev–Trinajstić information content (AvgIpc) is 2.98. The number of aromatic nitrogens is 2. The molecule has 0 spiro atoms. The van der Waals surface area contributed by atoms with Crippen LogP contribution < -0.4 is 0 Å². The topological polar surface area (TPSA) is 55.1 Å². The minimum atomic E-state index is -0.770. The van der Waals surface area contributed by atoms with Crippen LogP contribution in [0.15, 0.2) is 0 Å². The Bertz CT molecular complexity index is 492. The van der Waals surface area contributed by atoms with E-state index in [2.05, 4.69) is 9.78 Å². The van der Waals surface area contributed by atoms with Gasteiger partial charge < -0.3 is 5.11 Å². The van der Waals surface area contributed by atoms with Crippen LogP contribution in [-0.2, 0) is 11.2 Å². The third-order valence-corrected chi connectivity index (χ3v) is 4.82. The molecule has 4 nitrogen and oxygen atoms in total. The standard InChI is InChI=1S/C14H20N2O2/c1-8-12(7-14(17)18)9(2)16(15-8)13-6-10-3-4-11(13)5-10/h10-11,13H,3-7H2,1-2H3,(H,17,18). The molecule has 0 aliphatic heterocycles. The van der Waals surface area contributed by atoms with Gasteiger partial charge in [-0.3, -0.25) is 9.48 Å². The second-order valence-corrected chi connectivity index (χ2v) is 5.91. The van der Waals surface area contributed by atoms with Gasteiger partial charge >= 0.3 is 5.97 Å². The first-order chi connectivity index (χ1) is 8.56. The van der Waals surface area contributed by atoms with E-state index in [0.717, 1.165) is 28.8 Å². The van der Waals surface area contributed by atoms with E-state index in [0.29, 0.717) is 6.04 Å². The van der Waals surface area contributed by atoms with Crippen molar-refractivity contribution in [1.29, 1.82) is 0 Å². The van der Waals surface area contributed by atoms with Crippen LogP contribution in [0.2, 0.25) is 0 Å². The Hall–Kier alpha value is -1.32. The molecule has 4 heteroatoms. The highest BCUT2D eigenvalue weighted by molar-refractivity contribution is 5.70. The fraction of sp³-hybridized carbons (Fsp3) is 0.714. The SMILES string of the molecule is Cc1nn(C2CC3CCC2C3)c(C)c1CC(=O)O. The lowest BCUT2D eigenvalue weighted by atomic mass is 9.95. The zero-order valence-corrected chi connectivity index (χ0v) is 11.0. The van der Waals surface area contributed by atoms with Crippen LogP contribution >= 0.6 is 0 Å². The Morgan fingerprint density at radius 2 is 2.17 bits per heavy atom. The normalized spacial score (nSPS) is 30.0. The van der Waals surface area contributed by atoms with Crippen molar-refractivity contribution in [2.45, 2.75) is 52.0 Å². The van der Waals surface area contributed by atoms with E-state index in [-0.39, 0.29) is 6.42 Å². The summed E-state index contributed by atoms with van der Waals surface area (Å²) in [6, 6.07) is 0.519. The molecule has 3 unspecified atom stereocenters. The predicted octanol–water partition coefficient (Wildman–Crippen LogP) is 2.49. The number of fused-ring (bicyclic) bond motifs is 2. The van der Waals surface area contributed by atoms with Gasteiger partial charge in [-0.2, -0.15) is 5.10 Å². The summed E-state index contributed by atoms with van der Waals surface area (Å²) in [5.41, 5.74) is 2.86. The molecule has 1 aromatic heterocycles. The monoisotopic (exact) mass is 248 g/mol. The van der Waals surface area contributed by atoms with Crippen LogP contribution in [0, 0.1) is 25.7 Å². The second-order valence-electron chi connectivity index (χ2n) is 5.91. The first kappa shape index (κ1) is 11.8. The van der Waals surface area contributed by atoms with Gasteiger partial charge in [0.2, 0.25) is 0 Å².